The first-order valence-corrected chi connectivity index (χ1v) is 7.52. The summed E-state index contributed by atoms with van der Waals surface area (Å²) in [6, 6.07) is 10.0. The van der Waals surface area contributed by atoms with Gasteiger partial charge in [-0.05, 0) is 42.2 Å². The first-order chi connectivity index (χ1) is 9.56. The summed E-state index contributed by atoms with van der Waals surface area (Å²) in [6.45, 7) is 4.95. The Morgan fingerprint density at radius 3 is 2.55 bits per heavy atom. The van der Waals surface area contributed by atoms with Crippen LogP contribution in [0.25, 0.3) is 10.4 Å². The van der Waals surface area contributed by atoms with E-state index in [9.17, 15) is 9.18 Å². The molecule has 1 heterocycles. The number of amides is 1. The van der Waals surface area contributed by atoms with Gasteiger partial charge in [-0.25, -0.2) is 4.39 Å². The molecule has 0 atom stereocenters. The second-order valence-electron chi connectivity index (χ2n) is 5.11. The van der Waals surface area contributed by atoms with Crippen molar-refractivity contribution in [2.75, 3.05) is 6.54 Å². The molecule has 0 radical (unpaired) electrons. The van der Waals surface area contributed by atoms with Crippen LogP contribution in [-0.4, -0.2) is 12.5 Å². The second kappa shape index (κ2) is 6.66. The van der Waals surface area contributed by atoms with Gasteiger partial charge in [-0.1, -0.05) is 26.0 Å². The number of hydrogen-bond acceptors (Lipinski definition) is 2. The maximum Gasteiger partial charge on any atom is 0.261 e. The molecule has 0 spiro atoms. The van der Waals surface area contributed by atoms with E-state index in [0.29, 0.717) is 17.3 Å². The van der Waals surface area contributed by atoms with Gasteiger partial charge in [0.05, 0.1) is 4.88 Å². The molecule has 0 bridgehead atoms. The Morgan fingerprint density at radius 2 is 1.90 bits per heavy atom. The van der Waals surface area contributed by atoms with Crippen LogP contribution in [0.4, 0.5) is 4.39 Å². The first-order valence-electron chi connectivity index (χ1n) is 6.70. The third-order valence-corrected chi connectivity index (χ3v) is 4.10. The molecule has 2 rings (SSSR count). The fourth-order valence-corrected chi connectivity index (χ4v) is 2.72. The summed E-state index contributed by atoms with van der Waals surface area (Å²) in [5.41, 5.74) is 0.928. The largest absolute Gasteiger partial charge is 0.351 e. The monoisotopic (exact) mass is 291 g/mol. The number of thiophene rings is 1. The molecule has 0 unspecified atom stereocenters. The lowest BCUT2D eigenvalue weighted by molar-refractivity contribution is 0.0956. The van der Waals surface area contributed by atoms with Crippen LogP contribution in [0.1, 0.15) is 29.9 Å². The molecule has 0 saturated carbocycles. The number of carbonyl (C=O) groups excluding carboxylic acids is 1. The van der Waals surface area contributed by atoms with E-state index in [0.717, 1.165) is 16.9 Å². The van der Waals surface area contributed by atoms with E-state index in [4.69, 9.17) is 0 Å². The van der Waals surface area contributed by atoms with Crippen molar-refractivity contribution in [3.63, 3.8) is 0 Å². The van der Waals surface area contributed by atoms with Gasteiger partial charge in [-0.3, -0.25) is 4.79 Å². The minimum Gasteiger partial charge on any atom is -0.351 e. The van der Waals surface area contributed by atoms with E-state index in [2.05, 4.69) is 19.2 Å². The summed E-state index contributed by atoms with van der Waals surface area (Å²) in [7, 11) is 0. The lowest BCUT2D eigenvalue weighted by atomic mass is 10.1. The van der Waals surface area contributed by atoms with Crippen molar-refractivity contribution in [2.24, 2.45) is 5.92 Å². The van der Waals surface area contributed by atoms with E-state index >= 15 is 0 Å². The second-order valence-corrected chi connectivity index (χ2v) is 6.19. The van der Waals surface area contributed by atoms with Gasteiger partial charge in [0, 0.05) is 11.4 Å². The van der Waals surface area contributed by atoms with Gasteiger partial charge in [-0.2, -0.15) is 0 Å². The van der Waals surface area contributed by atoms with Crippen molar-refractivity contribution in [2.45, 2.75) is 20.3 Å². The highest BCUT2D eigenvalue weighted by Crippen LogP contribution is 2.28. The van der Waals surface area contributed by atoms with Gasteiger partial charge >= 0.3 is 0 Å². The van der Waals surface area contributed by atoms with Crippen molar-refractivity contribution in [3.05, 3.63) is 47.1 Å². The van der Waals surface area contributed by atoms with Crippen LogP contribution in [0.2, 0.25) is 0 Å². The Bertz CT molecular complexity index is 574. The summed E-state index contributed by atoms with van der Waals surface area (Å²) < 4.78 is 12.9. The van der Waals surface area contributed by atoms with Gasteiger partial charge in [0.25, 0.3) is 5.91 Å². The highest BCUT2D eigenvalue weighted by molar-refractivity contribution is 7.17. The van der Waals surface area contributed by atoms with Crippen LogP contribution in [0.5, 0.6) is 0 Å². The molecule has 2 aromatic rings. The molecule has 2 nitrogen and oxygen atoms in total. The van der Waals surface area contributed by atoms with Crippen LogP contribution in [-0.2, 0) is 0 Å². The summed E-state index contributed by atoms with van der Waals surface area (Å²) in [6.07, 6.45) is 0.974. The number of benzene rings is 1. The van der Waals surface area contributed by atoms with Gasteiger partial charge in [0.15, 0.2) is 0 Å². The van der Waals surface area contributed by atoms with Crippen LogP contribution in [0, 0.1) is 11.7 Å². The normalized spacial score (nSPS) is 10.8. The van der Waals surface area contributed by atoms with Gasteiger partial charge in [0.1, 0.15) is 5.82 Å². The SMILES string of the molecule is CC(C)CCNC(=O)c1ccc(-c2ccc(F)cc2)s1. The zero-order valence-electron chi connectivity index (χ0n) is 11.7. The lowest BCUT2D eigenvalue weighted by Crippen LogP contribution is -2.24. The molecule has 106 valence electrons. The molecule has 0 saturated heterocycles. The van der Waals surface area contributed by atoms with Crippen molar-refractivity contribution in [1.82, 2.24) is 5.32 Å². The van der Waals surface area contributed by atoms with E-state index < -0.39 is 0 Å². The average molecular weight is 291 g/mol. The molecule has 0 aliphatic heterocycles. The summed E-state index contributed by atoms with van der Waals surface area (Å²) in [4.78, 5) is 13.6. The molecule has 0 fully saturated rings. The van der Waals surface area contributed by atoms with E-state index in [1.807, 2.05) is 12.1 Å². The zero-order chi connectivity index (χ0) is 14.5. The summed E-state index contributed by atoms with van der Waals surface area (Å²) >= 11 is 1.42. The molecule has 1 aromatic carbocycles. The van der Waals surface area contributed by atoms with Crippen molar-refractivity contribution < 1.29 is 9.18 Å². The maximum atomic E-state index is 12.9. The molecule has 1 aromatic heterocycles. The molecule has 1 N–H and O–H groups in total. The zero-order valence-corrected chi connectivity index (χ0v) is 12.5. The molecule has 1 amide bonds. The first kappa shape index (κ1) is 14.7. The number of nitrogens with one attached hydrogen (secondary N) is 1. The fraction of sp³-hybridized carbons (Fsp3) is 0.312. The Morgan fingerprint density at radius 1 is 1.20 bits per heavy atom. The molecule has 0 aliphatic rings. The Balaban J connectivity index is 2.01. The van der Waals surface area contributed by atoms with Gasteiger partial charge in [-0.15, -0.1) is 11.3 Å². The molecule has 20 heavy (non-hydrogen) atoms. The van der Waals surface area contributed by atoms with Crippen LogP contribution in [0.3, 0.4) is 0 Å². The molecule has 4 heteroatoms. The highest BCUT2D eigenvalue weighted by Gasteiger charge is 2.10. The molecule has 0 aliphatic carbocycles. The quantitative estimate of drug-likeness (QED) is 0.873. The standard InChI is InChI=1S/C16H18FNOS/c1-11(2)9-10-18-16(19)15-8-7-14(20-15)12-3-5-13(17)6-4-12/h3-8,11H,9-10H2,1-2H3,(H,18,19). The fourth-order valence-electron chi connectivity index (χ4n) is 1.79. The number of rotatable bonds is 5. The third-order valence-electron chi connectivity index (χ3n) is 2.97. The predicted molar refractivity (Wildman–Crippen MR) is 81.5 cm³/mol. The maximum absolute atomic E-state index is 12.9. The summed E-state index contributed by atoms with van der Waals surface area (Å²) in [5.74, 6) is 0.286. The van der Waals surface area contributed by atoms with Gasteiger partial charge < -0.3 is 5.32 Å². The lowest BCUT2D eigenvalue weighted by Gasteiger charge is -2.05. The van der Waals surface area contributed by atoms with Crippen molar-refractivity contribution in [3.8, 4) is 10.4 Å². The molecular weight excluding hydrogens is 273 g/mol. The minimum atomic E-state index is -0.253. The van der Waals surface area contributed by atoms with Crippen molar-refractivity contribution >= 4 is 17.2 Å². The predicted octanol–water partition coefficient (Wildman–Crippen LogP) is 4.33. The minimum absolute atomic E-state index is 0.0380. The Labute approximate surface area is 122 Å². The van der Waals surface area contributed by atoms with Crippen LogP contribution < -0.4 is 5.32 Å². The number of halogens is 1. The van der Waals surface area contributed by atoms with Crippen molar-refractivity contribution in [1.29, 1.82) is 0 Å². The number of carbonyl (C=O) groups is 1. The smallest absolute Gasteiger partial charge is 0.261 e. The Kier molecular flexibility index (Phi) is 4.90. The third kappa shape index (κ3) is 3.90. The highest BCUT2D eigenvalue weighted by atomic mass is 32.1. The van der Waals surface area contributed by atoms with Crippen LogP contribution >= 0.6 is 11.3 Å². The summed E-state index contributed by atoms with van der Waals surface area (Å²) in [5, 5.41) is 2.92. The molecular formula is C16H18FNOS. The van der Waals surface area contributed by atoms with Gasteiger partial charge in [0.2, 0.25) is 0 Å². The Hall–Kier alpha value is -1.68. The van der Waals surface area contributed by atoms with Crippen LogP contribution in [0.15, 0.2) is 36.4 Å². The average Bonchev–Trinajstić information content (AvgIpc) is 2.88. The topological polar surface area (TPSA) is 29.1 Å². The van der Waals surface area contributed by atoms with E-state index in [1.165, 1.54) is 23.5 Å². The van der Waals surface area contributed by atoms with E-state index in [1.54, 1.807) is 12.1 Å². The number of hydrogen-bond donors (Lipinski definition) is 1. The van der Waals surface area contributed by atoms with E-state index in [-0.39, 0.29) is 11.7 Å².